The normalized spacial score (nSPS) is 13.8. The highest BCUT2D eigenvalue weighted by molar-refractivity contribution is 7.40. The van der Waals surface area contributed by atoms with Gasteiger partial charge in [0.25, 0.3) is 0 Å². The second kappa shape index (κ2) is 21.2. The van der Waals surface area contributed by atoms with Crippen LogP contribution in [0.4, 0.5) is 0 Å². The summed E-state index contributed by atoms with van der Waals surface area (Å²) in [4.78, 5) is 21.4. The quantitative estimate of drug-likeness (QED) is 0.0890. The van der Waals surface area contributed by atoms with Crippen LogP contribution in [0.25, 0.3) is 0 Å². The summed E-state index contributed by atoms with van der Waals surface area (Å²) in [6.45, 7) is 3.11. The van der Waals surface area contributed by atoms with Crippen LogP contribution in [0, 0.1) is 0 Å². The van der Waals surface area contributed by atoms with Gasteiger partial charge in [-0.05, 0) is 6.42 Å². The Morgan fingerprint density at radius 1 is 0.812 bits per heavy atom. The molecule has 0 aliphatic carbocycles. The van der Waals surface area contributed by atoms with Gasteiger partial charge in [0, 0.05) is 6.42 Å². The van der Waals surface area contributed by atoms with Gasteiger partial charge in [-0.25, -0.2) is 0 Å². The zero-order chi connectivity index (χ0) is 24.1. The predicted octanol–water partition coefficient (Wildman–Crippen LogP) is 5.33. The molecule has 0 aromatic carbocycles. The van der Waals surface area contributed by atoms with E-state index in [0.29, 0.717) is 13.0 Å². The van der Waals surface area contributed by atoms with Gasteiger partial charge in [-0.2, -0.15) is 0 Å². The molecule has 0 aromatic heterocycles. The van der Waals surface area contributed by atoms with E-state index in [0.717, 1.165) is 30.3 Å². The maximum atomic E-state index is 11.8. The van der Waals surface area contributed by atoms with Crippen molar-refractivity contribution in [3.8, 4) is 0 Å². The maximum absolute atomic E-state index is 11.8. The van der Waals surface area contributed by atoms with Gasteiger partial charge in [-0.3, -0.25) is 4.79 Å². The molecular formula is C24H51NO6P+. The molecule has 0 saturated carbocycles. The summed E-state index contributed by atoms with van der Waals surface area (Å²) in [6, 6.07) is 0. The molecule has 32 heavy (non-hydrogen) atoms. The lowest BCUT2D eigenvalue weighted by molar-refractivity contribution is -0.870. The molecule has 0 rings (SSSR count). The fourth-order valence-electron chi connectivity index (χ4n) is 3.18. The molecule has 0 radical (unpaired) electrons. The van der Waals surface area contributed by atoms with Gasteiger partial charge < -0.3 is 28.3 Å². The summed E-state index contributed by atoms with van der Waals surface area (Å²) < 4.78 is 16.1. The van der Waals surface area contributed by atoms with Gasteiger partial charge in [-0.15, -0.1) is 0 Å². The van der Waals surface area contributed by atoms with Crippen LogP contribution in [-0.4, -0.2) is 74.1 Å². The van der Waals surface area contributed by atoms with Gasteiger partial charge in [0.15, 0.2) is 0 Å². The summed E-state index contributed by atoms with van der Waals surface area (Å²) in [6.07, 6.45) is 15.9. The van der Waals surface area contributed by atoms with Crippen molar-refractivity contribution in [1.29, 1.82) is 0 Å². The van der Waals surface area contributed by atoms with Crippen molar-refractivity contribution in [1.82, 2.24) is 0 Å². The van der Waals surface area contributed by atoms with Crippen LogP contribution >= 0.6 is 8.60 Å². The minimum absolute atomic E-state index is 0.126. The fourth-order valence-corrected chi connectivity index (χ4v) is 3.79. The second-order valence-electron chi connectivity index (χ2n) is 9.71. The summed E-state index contributed by atoms with van der Waals surface area (Å²) in [5, 5.41) is 9.82. The topological polar surface area (TPSA) is 85.2 Å². The average Bonchev–Trinajstić information content (AvgIpc) is 2.73. The summed E-state index contributed by atoms with van der Waals surface area (Å²) in [7, 11) is 4.06. The SMILES string of the molecule is CCCCCCCCCCCCCCCC(=O)OCC(O)COP(O)OCC[N+](C)(C)C. The average molecular weight is 481 g/mol. The molecule has 0 bridgehead atoms. The minimum atomic E-state index is -2.03. The molecule has 0 spiro atoms. The van der Waals surface area contributed by atoms with Gasteiger partial charge in [0.05, 0.1) is 27.7 Å². The van der Waals surface area contributed by atoms with Crippen molar-refractivity contribution in [2.45, 2.75) is 103 Å². The summed E-state index contributed by atoms with van der Waals surface area (Å²) in [5.41, 5.74) is 0. The lowest BCUT2D eigenvalue weighted by Crippen LogP contribution is -2.37. The number of esters is 1. The molecule has 0 amide bonds. The fraction of sp³-hybridized carbons (Fsp3) is 0.958. The molecule has 0 heterocycles. The number of ether oxygens (including phenoxy) is 1. The Labute approximate surface area is 198 Å². The van der Waals surface area contributed by atoms with E-state index in [1.807, 2.05) is 21.1 Å². The highest BCUT2D eigenvalue weighted by Crippen LogP contribution is 2.32. The molecule has 0 aliphatic rings. The maximum Gasteiger partial charge on any atom is 0.330 e. The zero-order valence-electron chi connectivity index (χ0n) is 21.2. The first-order valence-corrected chi connectivity index (χ1v) is 13.8. The van der Waals surface area contributed by atoms with Crippen LogP contribution in [-0.2, 0) is 18.6 Å². The number of quaternary nitrogens is 1. The molecule has 0 saturated heterocycles. The summed E-state index contributed by atoms with van der Waals surface area (Å²) in [5.74, 6) is -0.294. The van der Waals surface area contributed by atoms with E-state index in [1.165, 1.54) is 64.2 Å². The third-order valence-corrected chi connectivity index (χ3v) is 6.04. The van der Waals surface area contributed by atoms with E-state index in [1.54, 1.807) is 0 Å². The lowest BCUT2D eigenvalue weighted by atomic mass is 10.0. The molecule has 0 aliphatic heterocycles. The number of unbranched alkanes of at least 4 members (excludes halogenated alkanes) is 12. The molecule has 0 fully saturated rings. The minimum Gasteiger partial charge on any atom is -0.463 e. The first kappa shape index (κ1) is 31.7. The Hall–Kier alpha value is -0.300. The van der Waals surface area contributed by atoms with E-state index in [9.17, 15) is 14.8 Å². The molecule has 2 unspecified atom stereocenters. The van der Waals surface area contributed by atoms with E-state index in [2.05, 4.69) is 6.92 Å². The van der Waals surface area contributed by atoms with Crippen molar-refractivity contribution < 1.29 is 33.1 Å². The Morgan fingerprint density at radius 2 is 1.31 bits per heavy atom. The first-order valence-electron chi connectivity index (χ1n) is 12.6. The smallest absolute Gasteiger partial charge is 0.330 e. The number of likely N-dealkylation sites (N-methyl/N-ethyl adjacent to an activating group) is 1. The molecular weight excluding hydrogens is 429 g/mol. The van der Waals surface area contributed by atoms with Crippen molar-refractivity contribution in [2.75, 3.05) is 47.5 Å². The van der Waals surface area contributed by atoms with Gasteiger partial charge >= 0.3 is 14.6 Å². The third kappa shape index (κ3) is 24.3. The standard InChI is InChI=1S/C24H51NO6P/c1-5-6-7-8-9-10-11-12-13-14-15-16-17-18-24(27)29-21-23(26)22-31-32(28)30-20-19-25(2,3)4/h23,26,28H,5-22H2,1-4H3/q+1. The van der Waals surface area contributed by atoms with Crippen LogP contribution in [0.15, 0.2) is 0 Å². The van der Waals surface area contributed by atoms with Gasteiger partial charge in [-0.1, -0.05) is 84.0 Å². The molecule has 2 N–H and O–H groups in total. The highest BCUT2D eigenvalue weighted by Gasteiger charge is 2.15. The molecule has 8 heteroatoms. The Bertz CT molecular complexity index is 433. The Balaban J connectivity index is 3.44. The number of hydrogen-bond acceptors (Lipinski definition) is 6. The van der Waals surface area contributed by atoms with E-state index in [4.69, 9.17) is 13.8 Å². The lowest BCUT2D eigenvalue weighted by Gasteiger charge is -2.24. The number of rotatable bonds is 23. The van der Waals surface area contributed by atoms with E-state index in [-0.39, 0.29) is 19.2 Å². The van der Waals surface area contributed by atoms with E-state index < -0.39 is 14.7 Å². The number of aliphatic hydroxyl groups is 1. The van der Waals surface area contributed by atoms with Gasteiger partial charge in [0.2, 0.25) is 0 Å². The largest absolute Gasteiger partial charge is 0.463 e. The molecule has 192 valence electrons. The monoisotopic (exact) mass is 480 g/mol. The van der Waals surface area contributed by atoms with Crippen LogP contribution < -0.4 is 0 Å². The highest BCUT2D eigenvalue weighted by atomic mass is 31.2. The molecule has 7 nitrogen and oxygen atoms in total. The van der Waals surface area contributed by atoms with Crippen LogP contribution in [0.2, 0.25) is 0 Å². The summed E-state index contributed by atoms with van der Waals surface area (Å²) >= 11 is 0. The number of carbonyl (C=O) groups excluding carboxylic acids is 1. The van der Waals surface area contributed by atoms with Crippen LogP contribution in [0.1, 0.15) is 96.8 Å². The second-order valence-corrected chi connectivity index (χ2v) is 10.7. The number of aliphatic hydroxyl groups excluding tert-OH is 1. The van der Waals surface area contributed by atoms with Crippen molar-refractivity contribution in [2.24, 2.45) is 0 Å². The molecule has 0 aromatic rings. The Morgan fingerprint density at radius 3 is 1.81 bits per heavy atom. The molecule has 2 atom stereocenters. The van der Waals surface area contributed by atoms with Crippen LogP contribution in [0.5, 0.6) is 0 Å². The van der Waals surface area contributed by atoms with E-state index >= 15 is 0 Å². The van der Waals surface area contributed by atoms with Crippen molar-refractivity contribution >= 4 is 14.6 Å². The number of nitrogens with zero attached hydrogens (tertiary/aromatic N) is 1. The predicted molar refractivity (Wildman–Crippen MR) is 131 cm³/mol. The Kier molecular flexibility index (Phi) is 21.0. The number of carbonyl (C=O) groups is 1. The zero-order valence-corrected chi connectivity index (χ0v) is 22.1. The number of hydrogen-bond donors (Lipinski definition) is 2. The first-order chi connectivity index (χ1) is 15.2. The van der Waals surface area contributed by atoms with Crippen molar-refractivity contribution in [3.63, 3.8) is 0 Å². The van der Waals surface area contributed by atoms with Crippen LogP contribution in [0.3, 0.4) is 0 Å². The third-order valence-electron chi connectivity index (χ3n) is 5.26. The van der Waals surface area contributed by atoms with Gasteiger partial charge in [0.1, 0.15) is 25.9 Å². The van der Waals surface area contributed by atoms with Crippen molar-refractivity contribution in [3.05, 3.63) is 0 Å².